The molecule has 1 heterocycles. The van der Waals surface area contributed by atoms with Gasteiger partial charge in [0.2, 0.25) is 0 Å². The van der Waals surface area contributed by atoms with Crippen molar-refractivity contribution in [1.82, 2.24) is 4.57 Å². The zero-order valence-corrected chi connectivity index (χ0v) is 13.0. The smallest absolute Gasteiger partial charge is 0.317 e. The Balaban J connectivity index is 2.30. The standard InChI is InChI=1S/C19H19NO2/c1-13-17(15-11-7-8-12-16(15)20(13)2)18(19(21)22-3)14-9-5-4-6-10-14/h4-12,18H,1-3H3. The highest BCUT2D eigenvalue weighted by Crippen LogP contribution is 2.35. The summed E-state index contributed by atoms with van der Waals surface area (Å²) in [5.74, 6) is -0.636. The van der Waals surface area contributed by atoms with Gasteiger partial charge in [0.25, 0.3) is 0 Å². The molecule has 0 aliphatic rings. The van der Waals surface area contributed by atoms with E-state index in [1.54, 1.807) is 0 Å². The molecular formula is C19H19NO2. The number of hydrogen-bond donors (Lipinski definition) is 0. The number of carbonyl (C=O) groups is 1. The van der Waals surface area contributed by atoms with Crippen molar-refractivity contribution in [3.05, 3.63) is 71.4 Å². The first-order valence-corrected chi connectivity index (χ1v) is 7.31. The lowest BCUT2D eigenvalue weighted by atomic mass is 9.89. The molecule has 0 spiro atoms. The summed E-state index contributed by atoms with van der Waals surface area (Å²) in [6.45, 7) is 2.05. The molecule has 22 heavy (non-hydrogen) atoms. The topological polar surface area (TPSA) is 31.2 Å². The quantitative estimate of drug-likeness (QED) is 0.688. The molecule has 0 N–H and O–H groups in total. The largest absolute Gasteiger partial charge is 0.468 e. The molecule has 0 aliphatic carbocycles. The number of benzene rings is 2. The summed E-state index contributed by atoms with van der Waals surface area (Å²) in [6, 6.07) is 18.0. The molecule has 0 bridgehead atoms. The molecule has 0 fully saturated rings. The van der Waals surface area contributed by atoms with Crippen LogP contribution in [0.25, 0.3) is 10.9 Å². The average Bonchev–Trinajstić information content (AvgIpc) is 2.81. The minimum atomic E-state index is -0.405. The Morgan fingerprint density at radius 2 is 1.68 bits per heavy atom. The summed E-state index contributed by atoms with van der Waals surface area (Å²) in [5.41, 5.74) is 4.19. The third-order valence-electron chi connectivity index (χ3n) is 4.31. The van der Waals surface area contributed by atoms with Crippen LogP contribution in [0.15, 0.2) is 54.6 Å². The summed E-state index contributed by atoms with van der Waals surface area (Å²) < 4.78 is 7.21. The minimum absolute atomic E-state index is 0.231. The Morgan fingerprint density at radius 1 is 1.05 bits per heavy atom. The van der Waals surface area contributed by atoms with Gasteiger partial charge in [0.05, 0.1) is 7.11 Å². The van der Waals surface area contributed by atoms with E-state index in [0.29, 0.717) is 0 Å². The average molecular weight is 293 g/mol. The van der Waals surface area contributed by atoms with Crippen molar-refractivity contribution in [2.75, 3.05) is 7.11 Å². The lowest BCUT2D eigenvalue weighted by Crippen LogP contribution is -2.16. The molecule has 1 unspecified atom stereocenters. The van der Waals surface area contributed by atoms with Crippen LogP contribution in [0.2, 0.25) is 0 Å². The number of fused-ring (bicyclic) bond motifs is 1. The van der Waals surface area contributed by atoms with E-state index < -0.39 is 5.92 Å². The Kier molecular flexibility index (Phi) is 3.72. The molecule has 1 aromatic heterocycles. The van der Waals surface area contributed by atoms with Crippen LogP contribution < -0.4 is 0 Å². The number of esters is 1. The fourth-order valence-electron chi connectivity index (χ4n) is 3.10. The number of hydrogen-bond acceptors (Lipinski definition) is 2. The summed E-state index contributed by atoms with van der Waals surface area (Å²) in [6.07, 6.45) is 0. The summed E-state index contributed by atoms with van der Waals surface area (Å²) in [5, 5.41) is 1.10. The van der Waals surface area contributed by atoms with E-state index in [-0.39, 0.29) is 5.97 Å². The molecule has 0 saturated heterocycles. The van der Waals surface area contributed by atoms with E-state index in [1.165, 1.54) is 7.11 Å². The van der Waals surface area contributed by atoms with Crippen LogP contribution in [0.5, 0.6) is 0 Å². The van der Waals surface area contributed by atoms with Gasteiger partial charge in [0, 0.05) is 23.6 Å². The van der Waals surface area contributed by atoms with Gasteiger partial charge in [-0.25, -0.2) is 0 Å². The number of para-hydroxylation sites is 1. The molecule has 3 aromatic rings. The van der Waals surface area contributed by atoms with Gasteiger partial charge in [0.1, 0.15) is 5.92 Å². The third-order valence-corrected chi connectivity index (χ3v) is 4.31. The van der Waals surface area contributed by atoms with Crippen LogP contribution in [0.1, 0.15) is 22.7 Å². The zero-order chi connectivity index (χ0) is 15.7. The SMILES string of the molecule is COC(=O)C(c1ccccc1)c1c(C)n(C)c2ccccc12. The predicted octanol–water partition coefficient (Wildman–Crippen LogP) is 3.79. The summed E-state index contributed by atoms with van der Waals surface area (Å²) in [4.78, 5) is 12.5. The lowest BCUT2D eigenvalue weighted by molar-refractivity contribution is -0.141. The van der Waals surface area contributed by atoms with Gasteiger partial charge in [0.15, 0.2) is 0 Å². The van der Waals surface area contributed by atoms with Crippen molar-refractivity contribution in [3.8, 4) is 0 Å². The van der Waals surface area contributed by atoms with Crippen molar-refractivity contribution in [3.63, 3.8) is 0 Å². The van der Waals surface area contributed by atoms with Crippen LogP contribution >= 0.6 is 0 Å². The number of nitrogens with zero attached hydrogens (tertiary/aromatic N) is 1. The fourth-order valence-corrected chi connectivity index (χ4v) is 3.10. The van der Waals surface area contributed by atoms with Crippen LogP contribution in [0.4, 0.5) is 0 Å². The van der Waals surface area contributed by atoms with E-state index in [9.17, 15) is 4.79 Å². The Bertz CT molecular complexity index is 818. The van der Waals surface area contributed by atoms with Crippen LogP contribution in [0, 0.1) is 6.92 Å². The number of rotatable bonds is 3. The third kappa shape index (κ3) is 2.19. The lowest BCUT2D eigenvalue weighted by Gasteiger charge is -2.16. The van der Waals surface area contributed by atoms with Crippen LogP contribution in [-0.4, -0.2) is 17.6 Å². The number of carbonyl (C=O) groups excluding carboxylic acids is 1. The predicted molar refractivity (Wildman–Crippen MR) is 88.0 cm³/mol. The maximum atomic E-state index is 12.5. The maximum absolute atomic E-state index is 12.5. The number of ether oxygens (including phenoxy) is 1. The van der Waals surface area contributed by atoms with E-state index in [4.69, 9.17) is 4.74 Å². The van der Waals surface area contributed by atoms with Crippen molar-refractivity contribution < 1.29 is 9.53 Å². The van der Waals surface area contributed by atoms with E-state index in [2.05, 4.69) is 16.7 Å². The second kappa shape index (κ2) is 5.68. The molecule has 3 heteroatoms. The fraction of sp³-hybridized carbons (Fsp3) is 0.211. The zero-order valence-electron chi connectivity index (χ0n) is 13.0. The highest BCUT2D eigenvalue weighted by atomic mass is 16.5. The van der Waals surface area contributed by atoms with E-state index in [0.717, 1.165) is 27.7 Å². The Morgan fingerprint density at radius 3 is 2.36 bits per heavy atom. The minimum Gasteiger partial charge on any atom is -0.468 e. The van der Waals surface area contributed by atoms with Gasteiger partial charge in [-0.1, -0.05) is 48.5 Å². The summed E-state index contributed by atoms with van der Waals surface area (Å²) in [7, 11) is 3.47. The molecule has 0 aliphatic heterocycles. The molecular weight excluding hydrogens is 274 g/mol. The van der Waals surface area contributed by atoms with E-state index in [1.807, 2.05) is 56.4 Å². The van der Waals surface area contributed by atoms with Gasteiger partial charge in [-0.05, 0) is 24.1 Å². The van der Waals surface area contributed by atoms with Crippen molar-refractivity contribution in [2.45, 2.75) is 12.8 Å². The van der Waals surface area contributed by atoms with Gasteiger partial charge >= 0.3 is 5.97 Å². The normalized spacial score (nSPS) is 12.3. The van der Waals surface area contributed by atoms with Crippen molar-refractivity contribution in [1.29, 1.82) is 0 Å². The van der Waals surface area contributed by atoms with Crippen molar-refractivity contribution >= 4 is 16.9 Å². The molecule has 3 nitrogen and oxygen atoms in total. The highest BCUT2D eigenvalue weighted by molar-refractivity contribution is 5.93. The first-order chi connectivity index (χ1) is 10.6. The molecule has 2 aromatic carbocycles. The Hall–Kier alpha value is -2.55. The van der Waals surface area contributed by atoms with Gasteiger partial charge in [-0.15, -0.1) is 0 Å². The van der Waals surface area contributed by atoms with Gasteiger partial charge in [-0.3, -0.25) is 4.79 Å². The molecule has 0 saturated carbocycles. The maximum Gasteiger partial charge on any atom is 0.317 e. The highest BCUT2D eigenvalue weighted by Gasteiger charge is 2.29. The molecule has 3 rings (SSSR count). The molecule has 112 valence electrons. The summed E-state index contributed by atoms with van der Waals surface area (Å²) >= 11 is 0. The number of aryl methyl sites for hydroxylation is 1. The van der Waals surface area contributed by atoms with Crippen LogP contribution in [-0.2, 0) is 16.6 Å². The van der Waals surface area contributed by atoms with Gasteiger partial charge in [-0.2, -0.15) is 0 Å². The van der Waals surface area contributed by atoms with Crippen LogP contribution in [0.3, 0.4) is 0 Å². The first kappa shape index (κ1) is 14.4. The monoisotopic (exact) mass is 293 g/mol. The Labute approximate surface area is 130 Å². The molecule has 0 radical (unpaired) electrons. The molecule has 1 atom stereocenters. The van der Waals surface area contributed by atoms with Gasteiger partial charge < -0.3 is 9.30 Å². The number of aromatic nitrogens is 1. The first-order valence-electron chi connectivity index (χ1n) is 7.31. The number of methoxy groups -OCH3 is 1. The van der Waals surface area contributed by atoms with Crippen molar-refractivity contribution in [2.24, 2.45) is 7.05 Å². The second-order valence-corrected chi connectivity index (χ2v) is 5.44. The second-order valence-electron chi connectivity index (χ2n) is 5.44. The van der Waals surface area contributed by atoms with E-state index >= 15 is 0 Å². The molecule has 0 amide bonds.